The van der Waals surface area contributed by atoms with Gasteiger partial charge in [0, 0.05) is 13.1 Å². The van der Waals surface area contributed by atoms with Gasteiger partial charge < -0.3 is 15.3 Å². The van der Waals surface area contributed by atoms with Gasteiger partial charge in [-0.25, -0.2) is 13.2 Å². The molecule has 32 heavy (non-hydrogen) atoms. The van der Waals surface area contributed by atoms with E-state index in [4.69, 9.17) is 0 Å². The number of carboxylic acid groups (broad SMARTS) is 1. The number of nitrogens with one attached hydrogen (secondary N) is 2. The third-order valence-electron chi connectivity index (χ3n) is 6.36. The molecule has 0 amide bonds. The first kappa shape index (κ1) is 22.6. The van der Waals surface area contributed by atoms with E-state index in [0.29, 0.717) is 18.7 Å². The number of likely N-dealkylation sites (tertiary alicyclic amines) is 1. The largest absolute Gasteiger partial charge is 0.478 e. The molecular formula is C24H31N3O4S. The minimum Gasteiger partial charge on any atom is -0.478 e. The SMILES string of the molecule is O=C(O)c1c(NS(=O)(=O)c2ccccc2NCCN2CCCCC2)ccc2c1CCCC2. The Kier molecular flexibility index (Phi) is 7.01. The molecule has 8 heteroatoms. The van der Waals surface area contributed by atoms with Crippen molar-refractivity contribution in [3.63, 3.8) is 0 Å². The van der Waals surface area contributed by atoms with Gasteiger partial charge in [-0.2, -0.15) is 0 Å². The zero-order valence-corrected chi connectivity index (χ0v) is 19.1. The Bertz CT molecular complexity index is 1080. The third-order valence-corrected chi connectivity index (χ3v) is 7.78. The van der Waals surface area contributed by atoms with Crippen LogP contribution in [0.25, 0.3) is 0 Å². The molecule has 3 N–H and O–H groups in total. The zero-order valence-electron chi connectivity index (χ0n) is 18.3. The predicted octanol–water partition coefficient (Wildman–Crippen LogP) is 3.96. The molecule has 0 atom stereocenters. The van der Waals surface area contributed by atoms with Crippen LogP contribution in [-0.4, -0.2) is 50.6 Å². The first-order valence-electron chi connectivity index (χ1n) is 11.4. The summed E-state index contributed by atoms with van der Waals surface area (Å²) in [5.74, 6) is -1.10. The van der Waals surface area contributed by atoms with Crippen LogP contribution in [0.3, 0.4) is 0 Å². The molecule has 1 heterocycles. The Labute approximate surface area is 189 Å². The van der Waals surface area contributed by atoms with Crippen molar-refractivity contribution < 1.29 is 18.3 Å². The lowest BCUT2D eigenvalue weighted by Gasteiger charge is -2.26. The van der Waals surface area contributed by atoms with Crippen LogP contribution in [0.1, 0.15) is 53.6 Å². The van der Waals surface area contributed by atoms with Crippen molar-refractivity contribution in [1.29, 1.82) is 0 Å². The molecule has 1 saturated heterocycles. The predicted molar refractivity (Wildman–Crippen MR) is 126 cm³/mol. The summed E-state index contributed by atoms with van der Waals surface area (Å²) in [6.45, 7) is 3.67. The normalized spacial score (nSPS) is 16.9. The summed E-state index contributed by atoms with van der Waals surface area (Å²) < 4.78 is 29.1. The van der Waals surface area contributed by atoms with Crippen LogP contribution in [0.2, 0.25) is 0 Å². The summed E-state index contributed by atoms with van der Waals surface area (Å²) in [6, 6.07) is 10.2. The van der Waals surface area contributed by atoms with Crippen LogP contribution in [0.5, 0.6) is 0 Å². The Morgan fingerprint density at radius 2 is 1.69 bits per heavy atom. The minimum absolute atomic E-state index is 0.0707. The molecule has 0 unspecified atom stereocenters. The number of hydrogen-bond donors (Lipinski definition) is 3. The van der Waals surface area contributed by atoms with Crippen LogP contribution >= 0.6 is 0 Å². The fourth-order valence-electron chi connectivity index (χ4n) is 4.74. The van der Waals surface area contributed by atoms with E-state index in [9.17, 15) is 18.3 Å². The summed E-state index contributed by atoms with van der Waals surface area (Å²) in [7, 11) is -3.97. The number of carbonyl (C=O) groups is 1. The summed E-state index contributed by atoms with van der Waals surface area (Å²) in [5.41, 5.74) is 2.46. The number of aryl methyl sites for hydroxylation is 1. The molecule has 2 aromatic rings. The number of piperidine rings is 1. The lowest BCUT2D eigenvalue weighted by Crippen LogP contribution is -2.33. The Balaban J connectivity index is 1.55. The van der Waals surface area contributed by atoms with Crippen molar-refractivity contribution in [1.82, 2.24) is 4.90 Å². The average Bonchev–Trinajstić information content (AvgIpc) is 2.79. The van der Waals surface area contributed by atoms with Gasteiger partial charge in [0.25, 0.3) is 10.0 Å². The van der Waals surface area contributed by atoms with Crippen molar-refractivity contribution >= 4 is 27.4 Å². The maximum Gasteiger partial charge on any atom is 0.338 e. The molecule has 0 aromatic heterocycles. The number of nitrogens with zero attached hydrogens (tertiary/aromatic N) is 1. The van der Waals surface area contributed by atoms with Crippen LogP contribution in [0.4, 0.5) is 11.4 Å². The molecule has 1 aliphatic heterocycles. The van der Waals surface area contributed by atoms with Crippen LogP contribution in [0, 0.1) is 0 Å². The molecule has 0 spiro atoms. The third kappa shape index (κ3) is 5.07. The number of anilines is 2. The van der Waals surface area contributed by atoms with Gasteiger partial charge in [-0.05, 0) is 80.9 Å². The number of hydrogen-bond acceptors (Lipinski definition) is 5. The van der Waals surface area contributed by atoms with Crippen molar-refractivity contribution in [3.05, 3.63) is 53.1 Å². The molecule has 0 bridgehead atoms. The second-order valence-electron chi connectivity index (χ2n) is 8.57. The topological polar surface area (TPSA) is 98.7 Å². The standard InChI is InChI=1S/C24H31N3O4S/c28-24(29)23-19-9-3-2-8-18(19)12-13-21(23)26-32(30,31)22-11-5-4-10-20(22)25-14-17-27-15-6-1-7-16-27/h4-5,10-13,25-26H,1-3,6-9,14-17H2,(H,28,29). The van der Waals surface area contributed by atoms with Gasteiger partial charge >= 0.3 is 5.97 Å². The molecule has 7 nitrogen and oxygen atoms in total. The van der Waals surface area contributed by atoms with E-state index in [1.807, 2.05) is 6.07 Å². The number of rotatable bonds is 8. The van der Waals surface area contributed by atoms with Crippen molar-refractivity contribution in [2.45, 2.75) is 49.8 Å². The van der Waals surface area contributed by atoms with E-state index in [0.717, 1.165) is 50.0 Å². The number of fused-ring (bicyclic) bond motifs is 1. The van der Waals surface area contributed by atoms with Crippen molar-refractivity contribution in [2.24, 2.45) is 0 Å². The molecule has 1 fully saturated rings. The number of benzene rings is 2. The van der Waals surface area contributed by atoms with E-state index in [-0.39, 0.29) is 16.1 Å². The summed E-state index contributed by atoms with van der Waals surface area (Å²) >= 11 is 0. The highest BCUT2D eigenvalue weighted by molar-refractivity contribution is 7.92. The Hall–Kier alpha value is -2.58. The van der Waals surface area contributed by atoms with Crippen molar-refractivity contribution in [3.8, 4) is 0 Å². The van der Waals surface area contributed by atoms with Gasteiger partial charge in [0.15, 0.2) is 0 Å². The second kappa shape index (κ2) is 9.92. The van der Waals surface area contributed by atoms with Gasteiger partial charge in [-0.3, -0.25) is 4.72 Å². The molecule has 0 saturated carbocycles. The van der Waals surface area contributed by atoms with Gasteiger partial charge in [0.05, 0.1) is 16.9 Å². The monoisotopic (exact) mass is 457 g/mol. The van der Waals surface area contributed by atoms with Gasteiger partial charge in [-0.15, -0.1) is 0 Å². The zero-order chi connectivity index (χ0) is 22.6. The fourth-order valence-corrected chi connectivity index (χ4v) is 5.99. The second-order valence-corrected chi connectivity index (χ2v) is 10.2. The molecule has 0 radical (unpaired) electrons. The molecule has 4 rings (SSSR count). The van der Waals surface area contributed by atoms with E-state index in [1.165, 1.54) is 19.3 Å². The molecule has 2 aromatic carbocycles. The molecule has 2 aliphatic rings. The fraction of sp³-hybridized carbons (Fsp3) is 0.458. The van der Waals surface area contributed by atoms with Crippen LogP contribution in [0.15, 0.2) is 41.3 Å². The molecule has 172 valence electrons. The van der Waals surface area contributed by atoms with E-state index in [2.05, 4.69) is 14.9 Å². The Morgan fingerprint density at radius 3 is 2.47 bits per heavy atom. The maximum atomic E-state index is 13.3. The first-order valence-corrected chi connectivity index (χ1v) is 12.9. The summed E-state index contributed by atoms with van der Waals surface area (Å²) in [5, 5.41) is 13.1. The van der Waals surface area contributed by atoms with Crippen LogP contribution < -0.4 is 10.0 Å². The van der Waals surface area contributed by atoms with Gasteiger partial charge in [0.2, 0.25) is 0 Å². The Morgan fingerprint density at radius 1 is 0.938 bits per heavy atom. The van der Waals surface area contributed by atoms with E-state index in [1.54, 1.807) is 30.3 Å². The van der Waals surface area contributed by atoms with Crippen LogP contribution in [-0.2, 0) is 22.9 Å². The minimum atomic E-state index is -3.97. The lowest BCUT2D eigenvalue weighted by molar-refractivity contribution is 0.0696. The highest BCUT2D eigenvalue weighted by atomic mass is 32.2. The first-order chi connectivity index (χ1) is 15.5. The number of para-hydroxylation sites is 1. The van der Waals surface area contributed by atoms with Gasteiger partial charge in [0.1, 0.15) is 4.90 Å². The molecule has 1 aliphatic carbocycles. The molecular weight excluding hydrogens is 426 g/mol. The van der Waals surface area contributed by atoms with Gasteiger partial charge in [-0.1, -0.05) is 24.6 Å². The average molecular weight is 458 g/mol. The number of sulfonamides is 1. The number of carboxylic acids is 1. The quantitative estimate of drug-likeness (QED) is 0.555. The van der Waals surface area contributed by atoms with Crippen molar-refractivity contribution in [2.75, 3.05) is 36.2 Å². The lowest BCUT2D eigenvalue weighted by atomic mass is 9.87. The smallest absolute Gasteiger partial charge is 0.338 e. The van der Waals surface area contributed by atoms with E-state index < -0.39 is 16.0 Å². The highest BCUT2D eigenvalue weighted by Crippen LogP contribution is 2.32. The maximum absolute atomic E-state index is 13.3. The van der Waals surface area contributed by atoms with E-state index >= 15 is 0 Å². The number of aromatic carboxylic acids is 1. The highest BCUT2D eigenvalue weighted by Gasteiger charge is 2.25. The summed E-state index contributed by atoms with van der Waals surface area (Å²) in [6.07, 6.45) is 7.11. The summed E-state index contributed by atoms with van der Waals surface area (Å²) in [4.78, 5) is 14.5.